The van der Waals surface area contributed by atoms with Crippen molar-refractivity contribution in [3.63, 3.8) is 0 Å². The monoisotopic (exact) mass is 275 g/mol. The first-order valence-electron chi connectivity index (χ1n) is 6.34. The van der Waals surface area contributed by atoms with Gasteiger partial charge in [-0.1, -0.05) is 24.3 Å². The number of hydrogen-bond acceptors (Lipinski definition) is 5. The molecule has 0 saturated carbocycles. The smallest absolute Gasteiger partial charge is 0.180 e. The molecule has 0 amide bonds. The number of aryl methyl sites for hydroxylation is 1. The van der Waals surface area contributed by atoms with Gasteiger partial charge in [0.25, 0.3) is 0 Å². The second kappa shape index (κ2) is 4.59. The molecule has 0 aliphatic heterocycles. The number of aliphatic hydroxyl groups excluding tert-OH is 1. The summed E-state index contributed by atoms with van der Waals surface area (Å²) in [5, 5.41) is 9.86. The van der Waals surface area contributed by atoms with Crippen molar-refractivity contribution in [1.82, 2.24) is 4.98 Å². The van der Waals surface area contributed by atoms with Gasteiger partial charge in [-0.15, -0.1) is 11.3 Å². The molecule has 5 N–H and O–H groups in total. The van der Waals surface area contributed by atoms with E-state index in [0.29, 0.717) is 5.13 Å². The zero-order valence-corrected chi connectivity index (χ0v) is 11.4. The van der Waals surface area contributed by atoms with Gasteiger partial charge in [0.15, 0.2) is 5.13 Å². The molecule has 1 aromatic carbocycles. The lowest BCUT2D eigenvalue weighted by atomic mass is 9.78. The quantitative estimate of drug-likeness (QED) is 0.776. The molecule has 100 valence electrons. The van der Waals surface area contributed by atoms with Gasteiger partial charge in [0.05, 0.1) is 12.3 Å². The van der Waals surface area contributed by atoms with Crippen LogP contribution in [0.25, 0.3) is 0 Å². The van der Waals surface area contributed by atoms with Gasteiger partial charge in [-0.3, -0.25) is 0 Å². The fourth-order valence-corrected chi connectivity index (χ4v) is 3.68. The maximum atomic E-state index is 9.24. The number of hydrogen-bond donors (Lipinski definition) is 3. The predicted molar refractivity (Wildman–Crippen MR) is 76.8 cm³/mol. The summed E-state index contributed by atoms with van der Waals surface area (Å²) < 4.78 is 0. The molecule has 0 radical (unpaired) electrons. The zero-order valence-electron chi connectivity index (χ0n) is 10.6. The molecule has 1 unspecified atom stereocenters. The van der Waals surface area contributed by atoms with Crippen LogP contribution in [0.4, 0.5) is 5.13 Å². The first-order chi connectivity index (χ1) is 9.10. The molecule has 0 fully saturated rings. The molecule has 1 aliphatic rings. The summed E-state index contributed by atoms with van der Waals surface area (Å²) in [5.74, 6) is 0. The van der Waals surface area contributed by atoms with E-state index in [0.717, 1.165) is 36.1 Å². The number of rotatable bonds is 2. The highest BCUT2D eigenvalue weighted by Crippen LogP contribution is 2.37. The zero-order chi connectivity index (χ0) is 13.5. The summed E-state index contributed by atoms with van der Waals surface area (Å²) in [6, 6.07) is 7.89. The molecule has 4 nitrogen and oxygen atoms in total. The number of anilines is 1. The van der Waals surface area contributed by atoms with Gasteiger partial charge < -0.3 is 16.6 Å². The van der Waals surface area contributed by atoms with Crippen molar-refractivity contribution in [2.24, 2.45) is 5.73 Å². The molecule has 2 aromatic rings. The summed E-state index contributed by atoms with van der Waals surface area (Å²) in [4.78, 5) is 5.54. The first kappa shape index (κ1) is 12.6. The molecule has 0 bridgehead atoms. The van der Waals surface area contributed by atoms with E-state index in [1.54, 1.807) is 0 Å². The Labute approximate surface area is 116 Å². The molecule has 5 heteroatoms. The highest BCUT2D eigenvalue weighted by molar-refractivity contribution is 7.15. The third kappa shape index (κ3) is 2.25. The van der Waals surface area contributed by atoms with E-state index in [2.05, 4.69) is 4.98 Å². The van der Waals surface area contributed by atoms with Crippen molar-refractivity contribution in [3.8, 4) is 0 Å². The summed E-state index contributed by atoms with van der Waals surface area (Å²) in [7, 11) is 0. The van der Waals surface area contributed by atoms with Crippen LogP contribution in [0.3, 0.4) is 0 Å². The van der Waals surface area contributed by atoms with Crippen molar-refractivity contribution < 1.29 is 5.11 Å². The lowest BCUT2D eigenvalue weighted by molar-refractivity contribution is 0.281. The number of fused-ring (bicyclic) bond motifs is 1. The van der Waals surface area contributed by atoms with E-state index in [9.17, 15) is 5.11 Å². The minimum Gasteiger partial charge on any atom is -0.392 e. The van der Waals surface area contributed by atoms with Crippen LogP contribution in [0.5, 0.6) is 0 Å². The molecule has 19 heavy (non-hydrogen) atoms. The number of benzene rings is 1. The Bertz CT molecular complexity index is 610. The lowest BCUT2D eigenvalue weighted by Crippen LogP contribution is -2.41. The van der Waals surface area contributed by atoms with Crippen molar-refractivity contribution in [2.45, 2.75) is 31.4 Å². The topological polar surface area (TPSA) is 85.2 Å². The van der Waals surface area contributed by atoms with Crippen LogP contribution in [0, 0.1) is 0 Å². The highest BCUT2D eigenvalue weighted by Gasteiger charge is 2.34. The summed E-state index contributed by atoms with van der Waals surface area (Å²) in [6.45, 7) is 0.0443. The molecule has 3 rings (SSSR count). The van der Waals surface area contributed by atoms with E-state index in [-0.39, 0.29) is 12.1 Å². The van der Waals surface area contributed by atoms with Gasteiger partial charge >= 0.3 is 0 Å². The summed E-state index contributed by atoms with van der Waals surface area (Å²) in [6.07, 6.45) is 2.49. The molecule has 1 heterocycles. The molecular weight excluding hydrogens is 258 g/mol. The van der Waals surface area contributed by atoms with Crippen molar-refractivity contribution in [1.29, 1.82) is 0 Å². The van der Waals surface area contributed by atoms with E-state index < -0.39 is 0 Å². The predicted octanol–water partition coefficient (Wildman–Crippen LogP) is 1.56. The van der Waals surface area contributed by atoms with Crippen molar-refractivity contribution >= 4 is 16.5 Å². The molecule has 1 aromatic heterocycles. The fraction of sp³-hybridized carbons (Fsp3) is 0.357. The normalized spacial score (nSPS) is 22.2. The Morgan fingerprint density at radius 1 is 1.42 bits per heavy atom. The number of thiazole rings is 1. The fourth-order valence-electron chi connectivity index (χ4n) is 2.68. The number of nitrogens with zero attached hydrogens (tertiary/aromatic N) is 1. The van der Waals surface area contributed by atoms with Gasteiger partial charge in [-0.25, -0.2) is 4.98 Å². The van der Waals surface area contributed by atoms with Crippen LogP contribution >= 0.6 is 11.3 Å². The van der Waals surface area contributed by atoms with E-state index in [1.165, 1.54) is 16.2 Å². The van der Waals surface area contributed by atoms with Crippen LogP contribution in [0.1, 0.15) is 28.1 Å². The third-order valence-electron chi connectivity index (χ3n) is 3.76. The van der Waals surface area contributed by atoms with Gasteiger partial charge in [-0.05, 0) is 24.0 Å². The van der Waals surface area contributed by atoms with Gasteiger partial charge in [-0.2, -0.15) is 0 Å². The Morgan fingerprint density at radius 2 is 2.26 bits per heavy atom. The minimum atomic E-state index is -0.378. The van der Waals surface area contributed by atoms with Crippen molar-refractivity contribution in [3.05, 3.63) is 46.0 Å². The van der Waals surface area contributed by atoms with Crippen LogP contribution in [-0.2, 0) is 25.0 Å². The molecule has 1 aliphatic carbocycles. The van der Waals surface area contributed by atoms with E-state index >= 15 is 0 Å². The number of aliphatic hydroxyl groups is 1. The average Bonchev–Trinajstić information content (AvgIpc) is 2.78. The maximum Gasteiger partial charge on any atom is 0.180 e. The largest absolute Gasteiger partial charge is 0.392 e. The second-order valence-corrected chi connectivity index (χ2v) is 6.23. The van der Waals surface area contributed by atoms with Crippen molar-refractivity contribution in [2.75, 3.05) is 5.73 Å². The minimum absolute atomic E-state index is 0.0443. The van der Waals surface area contributed by atoms with Gasteiger partial charge in [0.1, 0.15) is 0 Å². The third-order valence-corrected chi connectivity index (χ3v) is 4.69. The summed E-state index contributed by atoms with van der Waals surface area (Å²) >= 11 is 1.53. The van der Waals surface area contributed by atoms with Crippen LogP contribution in [0.15, 0.2) is 24.3 Å². The molecule has 1 atom stereocenters. The number of nitrogen functional groups attached to an aromatic ring is 1. The van der Waals surface area contributed by atoms with E-state index in [1.807, 2.05) is 24.3 Å². The number of aromatic nitrogens is 1. The average molecular weight is 275 g/mol. The maximum absolute atomic E-state index is 9.24. The highest BCUT2D eigenvalue weighted by atomic mass is 32.1. The molecular formula is C14H17N3OS. The van der Waals surface area contributed by atoms with Crippen LogP contribution < -0.4 is 11.5 Å². The second-order valence-electron chi connectivity index (χ2n) is 5.11. The Morgan fingerprint density at radius 3 is 3.05 bits per heavy atom. The van der Waals surface area contributed by atoms with Gasteiger partial charge in [0.2, 0.25) is 0 Å². The van der Waals surface area contributed by atoms with Crippen LogP contribution in [0.2, 0.25) is 0 Å². The Hall–Kier alpha value is -1.43. The summed E-state index contributed by atoms with van der Waals surface area (Å²) in [5.41, 5.74) is 15.1. The number of nitrogens with two attached hydrogens (primary N) is 2. The Kier molecular flexibility index (Phi) is 3.05. The molecule has 0 saturated heterocycles. The van der Waals surface area contributed by atoms with Gasteiger partial charge in [0, 0.05) is 16.8 Å². The van der Waals surface area contributed by atoms with E-state index in [4.69, 9.17) is 11.5 Å². The lowest BCUT2D eigenvalue weighted by Gasteiger charge is -2.33. The molecule has 0 spiro atoms. The first-order valence-corrected chi connectivity index (χ1v) is 7.15. The SMILES string of the molecule is Nc1nc2c(s1)CC(N)(c1cccc(CO)c1)CC2. The standard InChI is InChI=1S/C14H17N3OS/c15-13-17-11-4-5-14(16,7-12(11)19-13)10-3-1-2-9(6-10)8-18/h1-3,6,18H,4-5,7-8,16H2,(H2,15,17). The Balaban J connectivity index is 1.96. The van der Waals surface area contributed by atoms with Crippen LogP contribution in [-0.4, -0.2) is 10.1 Å².